The number of ether oxygens (including phenoxy) is 1. The molecule has 0 fully saturated rings. The van der Waals surface area contributed by atoms with Crippen molar-refractivity contribution in [1.82, 2.24) is 5.32 Å². The van der Waals surface area contributed by atoms with E-state index in [2.05, 4.69) is 5.32 Å². The van der Waals surface area contributed by atoms with Crippen LogP contribution in [0, 0.1) is 11.6 Å². The van der Waals surface area contributed by atoms with Gasteiger partial charge in [-0.15, -0.1) is 0 Å². The Kier molecular flexibility index (Phi) is 4.81. The predicted molar refractivity (Wildman–Crippen MR) is 69.1 cm³/mol. The highest BCUT2D eigenvalue weighted by Gasteiger charge is 2.24. The lowest BCUT2D eigenvalue weighted by atomic mass is 10.1. The second-order valence-electron chi connectivity index (χ2n) is 5.35. The molecule has 0 spiro atoms. The maximum atomic E-state index is 13.4. The minimum absolute atomic E-state index is 0.332. The van der Waals surface area contributed by atoms with Crippen LogP contribution in [0.1, 0.15) is 38.1 Å². The number of halogens is 2. The first-order valence-electron chi connectivity index (χ1n) is 6.09. The summed E-state index contributed by atoms with van der Waals surface area (Å²) in [5.41, 5.74) is -1.01. The van der Waals surface area contributed by atoms with Crippen LogP contribution in [0.4, 0.5) is 8.78 Å². The van der Waals surface area contributed by atoms with E-state index in [0.29, 0.717) is 6.07 Å². The number of hydrogen-bond donors (Lipinski definition) is 1. The first-order chi connectivity index (χ1) is 9.10. The Balaban J connectivity index is 2.73. The second kappa shape index (κ2) is 5.98. The quantitative estimate of drug-likeness (QED) is 0.868. The van der Waals surface area contributed by atoms with Crippen LogP contribution in [0.25, 0.3) is 0 Å². The number of esters is 1. The van der Waals surface area contributed by atoms with Crippen molar-refractivity contribution >= 4 is 11.9 Å². The number of benzene rings is 1. The van der Waals surface area contributed by atoms with Gasteiger partial charge in [0.05, 0.1) is 5.56 Å². The number of rotatable bonds is 3. The molecule has 0 aliphatic carbocycles. The Morgan fingerprint density at radius 2 is 1.85 bits per heavy atom. The van der Waals surface area contributed by atoms with Crippen LogP contribution < -0.4 is 5.32 Å². The molecule has 0 unspecified atom stereocenters. The monoisotopic (exact) mass is 285 g/mol. The van der Waals surface area contributed by atoms with E-state index in [4.69, 9.17) is 4.74 Å². The van der Waals surface area contributed by atoms with Gasteiger partial charge in [-0.3, -0.25) is 4.79 Å². The molecule has 0 bridgehead atoms. The van der Waals surface area contributed by atoms with Crippen molar-refractivity contribution in [1.29, 1.82) is 0 Å². The van der Waals surface area contributed by atoms with Gasteiger partial charge in [-0.25, -0.2) is 13.6 Å². The molecule has 0 aliphatic heterocycles. The van der Waals surface area contributed by atoms with E-state index < -0.39 is 35.2 Å². The first-order valence-corrected chi connectivity index (χ1v) is 6.09. The van der Waals surface area contributed by atoms with Crippen LogP contribution in [0.5, 0.6) is 0 Å². The lowest BCUT2D eigenvalue weighted by molar-refractivity contribution is -0.156. The number of hydrogen-bond acceptors (Lipinski definition) is 3. The van der Waals surface area contributed by atoms with Crippen LogP contribution in [0.2, 0.25) is 0 Å². The number of amides is 1. The topological polar surface area (TPSA) is 55.4 Å². The van der Waals surface area contributed by atoms with Gasteiger partial charge < -0.3 is 10.1 Å². The molecular formula is C14H17F2NO3. The van der Waals surface area contributed by atoms with Crippen molar-refractivity contribution < 1.29 is 23.1 Å². The zero-order valence-corrected chi connectivity index (χ0v) is 11.8. The van der Waals surface area contributed by atoms with Crippen LogP contribution in [-0.2, 0) is 9.53 Å². The number of carbonyl (C=O) groups is 2. The number of nitrogens with one attached hydrogen (secondary N) is 1. The number of carbonyl (C=O) groups excluding carboxylic acids is 2. The molecule has 0 saturated heterocycles. The van der Waals surface area contributed by atoms with Gasteiger partial charge in [0, 0.05) is 6.07 Å². The van der Waals surface area contributed by atoms with Gasteiger partial charge in [0.1, 0.15) is 23.3 Å². The van der Waals surface area contributed by atoms with Crippen LogP contribution in [0.3, 0.4) is 0 Å². The van der Waals surface area contributed by atoms with E-state index in [1.54, 1.807) is 20.8 Å². The lowest BCUT2D eigenvalue weighted by Crippen LogP contribution is -2.42. The second-order valence-corrected chi connectivity index (χ2v) is 5.35. The summed E-state index contributed by atoms with van der Waals surface area (Å²) in [5.74, 6) is -3.20. The maximum Gasteiger partial charge on any atom is 0.328 e. The summed E-state index contributed by atoms with van der Waals surface area (Å²) in [6.45, 7) is 6.50. The molecule has 0 radical (unpaired) electrons. The average Bonchev–Trinajstić information content (AvgIpc) is 2.26. The van der Waals surface area contributed by atoms with Crippen LogP contribution in [0.15, 0.2) is 18.2 Å². The summed E-state index contributed by atoms with van der Waals surface area (Å²) >= 11 is 0. The minimum atomic E-state index is -0.987. The van der Waals surface area contributed by atoms with Gasteiger partial charge in [-0.2, -0.15) is 0 Å². The Bertz CT molecular complexity index is 524. The zero-order chi connectivity index (χ0) is 15.5. The first kappa shape index (κ1) is 16.1. The van der Waals surface area contributed by atoms with Gasteiger partial charge >= 0.3 is 5.97 Å². The van der Waals surface area contributed by atoms with Gasteiger partial charge in [0.15, 0.2) is 0 Å². The Morgan fingerprint density at radius 3 is 2.35 bits per heavy atom. The smallest absolute Gasteiger partial charge is 0.328 e. The van der Waals surface area contributed by atoms with Crippen molar-refractivity contribution in [2.24, 2.45) is 0 Å². The molecule has 6 heteroatoms. The normalized spacial score (nSPS) is 12.7. The minimum Gasteiger partial charge on any atom is -0.458 e. The van der Waals surface area contributed by atoms with Crippen molar-refractivity contribution in [3.05, 3.63) is 35.4 Å². The third-order valence-corrected chi connectivity index (χ3v) is 2.28. The highest BCUT2D eigenvalue weighted by atomic mass is 19.1. The summed E-state index contributed by atoms with van der Waals surface area (Å²) < 4.78 is 31.2. The molecular weight excluding hydrogens is 268 g/mol. The molecule has 20 heavy (non-hydrogen) atoms. The highest BCUT2D eigenvalue weighted by Crippen LogP contribution is 2.11. The summed E-state index contributed by atoms with van der Waals surface area (Å²) in [4.78, 5) is 23.4. The molecule has 1 N–H and O–H groups in total. The van der Waals surface area contributed by atoms with E-state index in [-0.39, 0.29) is 5.56 Å². The van der Waals surface area contributed by atoms with Crippen LogP contribution in [-0.4, -0.2) is 23.5 Å². The van der Waals surface area contributed by atoms with E-state index in [1.807, 2.05) is 0 Å². The largest absolute Gasteiger partial charge is 0.458 e. The standard InChI is InChI=1S/C14H17F2NO3/c1-8(13(19)20-14(2,3)4)17-12(18)10-6-5-9(15)7-11(10)16/h5-8H,1-4H3,(H,17,18)/t8-/m1/s1. The average molecular weight is 285 g/mol. The van der Waals surface area contributed by atoms with Gasteiger partial charge in [-0.1, -0.05) is 0 Å². The fraction of sp³-hybridized carbons (Fsp3) is 0.429. The van der Waals surface area contributed by atoms with Gasteiger partial charge in [-0.05, 0) is 39.8 Å². The third-order valence-electron chi connectivity index (χ3n) is 2.28. The summed E-state index contributed by atoms with van der Waals surface area (Å²) in [6.07, 6.45) is 0. The highest BCUT2D eigenvalue weighted by molar-refractivity contribution is 5.96. The third kappa shape index (κ3) is 4.60. The van der Waals surface area contributed by atoms with E-state index in [0.717, 1.165) is 12.1 Å². The molecule has 0 aliphatic rings. The Morgan fingerprint density at radius 1 is 1.25 bits per heavy atom. The van der Waals surface area contributed by atoms with Crippen LogP contribution >= 0.6 is 0 Å². The predicted octanol–water partition coefficient (Wildman–Crippen LogP) is 2.42. The van der Waals surface area contributed by atoms with Crippen molar-refractivity contribution in [3.63, 3.8) is 0 Å². The van der Waals surface area contributed by atoms with Crippen molar-refractivity contribution in [2.75, 3.05) is 0 Å². The molecule has 1 aromatic rings. The van der Waals surface area contributed by atoms with E-state index in [9.17, 15) is 18.4 Å². The molecule has 1 aromatic carbocycles. The Labute approximate surface area is 116 Å². The van der Waals surface area contributed by atoms with Crippen molar-refractivity contribution in [2.45, 2.75) is 39.3 Å². The molecule has 110 valence electrons. The molecule has 0 saturated carbocycles. The summed E-state index contributed by atoms with van der Waals surface area (Å²) in [7, 11) is 0. The molecule has 1 rings (SSSR count). The van der Waals surface area contributed by atoms with E-state index >= 15 is 0 Å². The molecule has 1 atom stereocenters. The molecule has 0 heterocycles. The fourth-order valence-electron chi connectivity index (χ4n) is 1.40. The lowest BCUT2D eigenvalue weighted by Gasteiger charge is -2.22. The zero-order valence-electron chi connectivity index (χ0n) is 11.8. The van der Waals surface area contributed by atoms with E-state index in [1.165, 1.54) is 6.92 Å². The molecule has 1 amide bonds. The molecule has 4 nitrogen and oxygen atoms in total. The van der Waals surface area contributed by atoms with Gasteiger partial charge in [0.25, 0.3) is 5.91 Å². The summed E-state index contributed by atoms with van der Waals surface area (Å²) in [5, 5.41) is 2.30. The fourth-order valence-corrected chi connectivity index (χ4v) is 1.40. The van der Waals surface area contributed by atoms with Crippen molar-refractivity contribution in [3.8, 4) is 0 Å². The molecule has 0 aromatic heterocycles. The summed E-state index contributed by atoms with van der Waals surface area (Å²) in [6, 6.07) is 1.65. The SMILES string of the molecule is C[C@@H](NC(=O)c1ccc(F)cc1F)C(=O)OC(C)(C)C. The van der Waals surface area contributed by atoms with Gasteiger partial charge in [0.2, 0.25) is 0 Å². The Hall–Kier alpha value is -1.98. The maximum absolute atomic E-state index is 13.4.